The molecule has 0 aliphatic rings. The molecule has 0 amide bonds. The molecule has 0 atom stereocenters. The Morgan fingerprint density at radius 2 is 0.686 bits per heavy atom. The van der Waals surface area contributed by atoms with Crippen LogP contribution in [0.4, 0.5) is 13.2 Å². The minimum atomic E-state index is -6.09. The molecule has 8 heterocycles. The molecule has 15 nitrogen and oxygen atoms in total. The van der Waals surface area contributed by atoms with Crippen molar-refractivity contribution in [2.75, 3.05) is 0 Å². The molecule has 0 aliphatic carbocycles. The SMILES string of the molecule is Brc1ccccn1.CC(C)(C)c1c[c-]c(-c2ccccn2)c(C(C)(C)C)n1.CC(C)(C)c1c[c-]c(-c2ccccn2)c(C(C)(C)C)n1.CC(C)(C)c1ccc(-c2ccccn2)c(C(C)(C)C)n1.CC(C)(C)c1ccc(B(O)O)c(C(C)(C)C)n1.CC(C)O.CC(C)O.O=S(=O)([O-])C(F)(F)F.[Ir].[Ir]. The average molecular weight is 1850 g/mol. The molecule has 4 N–H and O–H groups in total. The summed E-state index contributed by atoms with van der Waals surface area (Å²) in [6.07, 6.45) is 6.87. The van der Waals surface area contributed by atoms with Crippen molar-refractivity contribution in [2.24, 2.45) is 0 Å². The Balaban J connectivity index is 0. The first-order valence-electron chi connectivity index (χ1n) is 33.2. The fraction of sp³-hybridized carbons (Fsp3) is 0.494. The Morgan fingerprint density at radius 3 is 0.922 bits per heavy atom. The fourth-order valence-electron chi connectivity index (χ4n) is 8.32. The van der Waals surface area contributed by atoms with E-state index in [0.717, 1.165) is 83.9 Å². The number of aliphatic hydroxyl groups excluding tert-OH is 2. The van der Waals surface area contributed by atoms with E-state index in [1.165, 1.54) is 0 Å². The van der Waals surface area contributed by atoms with E-state index in [9.17, 15) is 23.2 Å². The summed E-state index contributed by atoms with van der Waals surface area (Å²) in [5, 5.41) is 34.9. The van der Waals surface area contributed by atoms with Gasteiger partial charge in [-0.15, -0.1) is 35.4 Å². The molecule has 0 aromatic carbocycles. The third kappa shape index (κ3) is 36.1. The first-order valence-corrected chi connectivity index (χ1v) is 35.4. The van der Waals surface area contributed by atoms with Gasteiger partial charge in [0.25, 0.3) is 0 Å². The summed E-state index contributed by atoms with van der Waals surface area (Å²) in [6.45, 7) is 58.6. The summed E-state index contributed by atoms with van der Waals surface area (Å²) in [5.74, 6) is 0. The predicted molar refractivity (Wildman–Crippen MR) is 406 cm³/mol. The standard InChI is InChI=1S/C18H24N2.2C18H23N2.C13H22BNO2.C5H4BrN.2C3H8O.CHF3O3S.2Ir/c3*1-17(2,3)15-11-10-13(14-9-7-8-12-19-14)16(20-15)18(4,5)6;1-12(2,3)10-8-7-9(14(16)17)11(15-10)13(4,5)6;6-5-3-1-2-4-7-5;2*1-3(2)4;2-1(3,4)8(5,6)7;;/h7-12H,1-6H3;2*7-9,11-12H,1-6H3;7-8,16-17H,1-6H3;1-4H;2*3-4H,1-2H3;(H,5,6,7);;/q;2*-1;;;;;;;/p-1. The summed E-state index contributed by atoms with van der Waals surface area (Å²) in [4.78, 5) is 36.7. The van der Waals surface area contributed by atoms with Crippen molar-refractivity contribution < 1.29 is 86.6 Å². The third-order valence-corrected chi connectivity index (χ3v) is 14.4. The van der Waals surface area contributed by atoms with Gasteiger partial charge in [0.2, 0.25) is 0 Å². The van der Waals surface area contributed by atoms with Crippen molar-refractivity contribution in [3.05, 3.63) is 196 Å². The molecule has 8 aromatic heterocycles. The van der Waals surface area contributed by atoms with Crippen molar-refractivity contribution in [1.82, 2.24) is 39.9 Å². The van der Waals surface area contributed by atoms with Crippen LogP contribution >= 0.6 is 15.9 Å². The number of hydrogen-bond donors (Lipinski definition) is 4. The van der Waals surface area contributed by atoms with E-state index in [2.05, 4.69) is 211 Å². The fourth-order valence-corrected chi connectivity index (χ4v) is 8.59. The van der Waals surface area contributed by atoms with E-state index in [1.807, 2.05) is 130 Å². The third-order valence-electron chi connectivity index (χ3n) is 13.4. The minimum absolute atomic E-state index is 0. The second-order valence-electron chi connectivity index (χ2n) is 32.5. The molecule has 23 heteroatoms. The summed E-state index contributed by atoms with van der Waals surface area (Å²) >= 11 is 3.20. The molecule has 568 valence electrons. The van der Waals surface area contributed by atoms with Crippen LogP contribution in [-0.4, -0.2) is 97.9 Å². The van der Waals surface area contributed by atoms with Crippen LogP contribution in [0.2, 0.25) is 0 Å². The van der Waals surface area contributed by atoms with Crippen molar-refractivity contribution >= 4 is 38.6 Å². The van der Waals surface area contributed by atoms with E-state index in [4.69, 9.17) is 38.1 Å². The van der Waals surface area contributed by atoms with Gasteiger partial charge in [-0.25, -0.2) is 13.4 Å². The van der Waals surface area contributed by atoms with Gasteiger partial charge in [-0.05, 0) is 154 Å². The van der Waals surface area contributed by atoms with E-state index >= 15 is 0 Å². The topological polar surface area (TPSA) is 241 Å². The number of aliphatic hydroxyl groups is 2. The summed E-state index contributed by atoms with van der Waals surface area (Å²) in [6, 6.07) is 42.3. The monoisotopic (exact) mass is 1850 g/mol. The number of pyridine rings is 8. The average Bonchev–Trinajstić information content (AvgIpc) is 0.807. The second-order valence-corrected chi connectivity index (χ2v) is 34.7. The molecular formula is C79H112BBrF3Ir2N8O7S-3. The van der Waals surface area contributed by atoms with E-state index < -0.39 is 22.7 Å². The van der Waals surface area contributed by atoms with Crippen molar-refractivity contribution in [3.63, 3.8) is 0 Å². The van der Waals surface area contributed by atoms with Gasteiger partial charge in [0.1, 0.15) is 4.60 Å². The van der Waals surface area contributed by atoms with Crippen LogP contribution < -0.4 is 5.46 Å². The van der Waals surface area contributed by atoms with E-state index in [1.54, 1.807) is 40.0 Å². The summed E-state index contributed by atoms with van der Waals surface area (Å²) < 4.78 is 59.8. The van der Waals surface area contributed by atoms with Crippen LogP contribution in [0.5, 0.6) is 0 Å². The van der Waals surface area contributed by atoms with Gasteiger partial charge in [-0.3, -0.25) is 15.0 Å². The van der Waals surface area contributed by atoms with Crippen LogP contribution in [0.15, 0.2) is 139 Å². The van der Waals surface area contributed by atoms with Crippen LogP contribution in [0.1, 0.15) is 239 Å². The molecule has 0 fully saturated rings. The number of halogens is 4. The number of alkyl halides is 3. The zero-order valence-corrected chi connectivity index (χ0v) is 72.3. The van der Waals surface area contributed by atoms with E-state index in [0.29, 0.717) is 5.46 Å². The smallest absolute Gasteiger partial charge is 0.490 e. The zero-order valence-electron chi connectivity index (χ0n) is 65.1. The molecule has 0 spiro atoms. The first-order chi connectivity index (χ1) is 45.2. The Labute approximate surface area is 645 Å². The van der Waals surface area contributed by atoms with Crippen molar-refractivity contribution in [3.8, 4) is 33.8 Å². The predicted octanol–water partition coefficient (Wildman–Crippen LogP) is 17.8. The number of rotatable bonds is 4. The normalized spacial score (nSPS) is 11.9. The summed E-state index contributed by atoms with van der Waals surface area (Å²) in [5.41, 5.74) is 8.85. The van der Waals surface area contributed by atoms with Crippen LogP contribution in [0.3, 0.4) is 0 Å². The molecule has 0 saturated heterocycles. The Bertz CT molecular complexity index is 3570. The van der Waals surface area contributed by atoms with Gasteiger partial charge in [-0.2, -0.15) is 13.2 Å². The maximum absolute atomic E-state index is 10.7. The molecule has 8 rings (SSSR count). The quantitative estimate of drug-likeness (QED) is 0.0421. The van der Waals surface area contributed by atoms with Crippen LogP contribution in [0.25, 0.3) is 33.8 Å². The van der Waals surface area contributed by atoms with Crippen molar-refractivity contribution in [2.45, 2.75) is 255 Å². The Kier molecular flexibility index (Phi) is 40.1. The first kappa shape index (κ1) is 98.6. The Morgan fingerprint density at radius 1 is 0.412 bits per heavy atom. The van der Waals surface area contributed by atoms with E-state index in [-0.39, 0.29) is 95.7 Å². The summed E-state index contributed by atoms with van der Waals surface area (Å²) in [7, 11) is -7.56. The Hall–Kier alpha value is -5.42. The van der Waals surface area contributed by atoms with Crippen molar-refractivity contribution in [1.29, 1.82) is 0 Å². The zero-order chi connectivity index (χ0) is 77.6. The molecule has 102 heavy (non-hydrogen) atoms. The molecule has 8 aromatic rings. The van der Waals surface area contributed by atoms with Gasteiger partial charge >= 0.3 is 12.6 Å². The molecule has 0 saturated carbocycles. The minimum Gasteiger partial charge on any atom is -0.741 e. The van der Waals surface area contributed by atoms with Gasteiger partial charge < -0.3 is 44.7 Å². The van der Waals surface area contributed by atoms with Gasteiger partial charge in [-0.1, -0.05) is 209 Å². The molecule has 0 unspecified atom stereocenters. The van der Waals surface area contributed by atoms with Crippen LogP contribution in [-0.2, 0) is 93.6 Å². The molecule has 0 aliphatic heterocycles. The maximum atomic E-state index is 10.7. The molecular weight excluding hydrogens is 1740 g/mol. The van der Waals surface area contributed by atoms with Gasteiger partial charge in [0, 0.05) is 127 Å². The number of aromatic nitrogens is 8. The molecule has 2 radical (unpaired) electrons. The molecule has 0 bridgehead atoms. The second kappa shape index (κ2) is 41.5. The number of nitrogens with zero attached hydrogens (tertiary/aromatic N) is 8. The van der Waals surface area contributed by atoms with Crippen LogP contribution in [0, 0.1) is 12.1 Å². The number of hydrogen-bond acceptors (Lipinski definition) is 15. The largest absolute Gasteiger partial charge is 0.741 e. The maximum Gasteiger partial charge on any atom is 0.490 e. The van der Waals surface area contributed by atoms with Gasteiger partial charge in [0.05, 0.1) is 11.4 Å². The van der Waals surface area contributed by atoms with Gasteiger partial charge in [0.15, 0.2) is 10.1 Å².